The number of carbonyl (C=O) groups excluding carboxylic acids is 1. The molecule has 1 aliphatic heterocycles. The molecule has 0 aliphatic carbocycles. The van der Waals surface area contributed by atoms with E-state index < -0.39 is 0 Å². The number of piperidine rings is 1. The molecule has 0 spiro atoms. The average Bonchev–Trinajstić information content (AvgIpc) is 2.81. The number of rotatable bonds is 4. The van der Waals surface area contributed by atoms with Gasteiger partial charge in [-0.15, -0.1) is 0 Å². The molecule has 1 saturated heterocycles. The van der Waals surface area contributed by atoms with E-state index in [1.807, 2.05) is 21.7 Å². The Hall–Kier alpha value is -0.810. The van der Waals surface area contributed by atoms with E-state index in [9.17, 15) is 4.79 Å². The van der Waals surface area contributed by atoms with Crippen LogP contribution in [0.5, 0.6) is 0 Å². The van der Waals surface area contributed by atoms with Gasteiger partial charge in [-0.1, -0.05) is 0 Å². The lowest BCUT2D eigenvalue weighted by atomic mass is 9.99. The number of nitrogens with two attached hydrogens (primary N) is 1. The second-order valence-corrected chi connectivity index (χ2v) is 6.69. The number of nitrogens with zero attached hydrogens (tertiary/aromatic N) is 2. The zero-order valence-corrected chi connectivity index (χ0v) is 13.9. The molecule has 1 atom stereocenters. The van der Waals surface area contributed by atoms with Gasteiger partial charge in [0, 0.05) is 29.3 Å². The summed E-state index contributed by atoms with van der Waals surface area (Å²) in [5.41, 5.74) is 6.47. The number of amides is 1. The van der Waals surface area contributed by atoms with Crippen LogP contribution in [0.15, 0.2) is 16.7 Å². The third-order valence-electron chi connectivity index (χ3n) is 3.98. The van der Waals surface area contributed by atoms with E-state index in [-0.39, 0.29) is 11.9 Å². The lowest BCUT2D eigenvalue weighted by Gasteiger charge is -2.36. The van der Waals surface area contributed by atoms with E-state index in [0.717, 1.165) is 36.0 Å². The molecular formula is C15H24BrN3O. The van der Waals surface area contributed by atoms with E-state index in [4.69, 9.17) is 5.73 Å². The van der Waals surface area contributed by atoms with Gasteiger partial charge in [0.1, 0.15) is 5.69 Å². The molecule has 2 heterocycles. The summed E-state index contributed by atoms with van der Waals surface area (Å²) in [4.78, 5) is 14.9. The van der Waals surface area contributed by atoms with Gasteiger partial charge < -0.3 is 15.2 Å². The van der Waals surface area contributed by atoms with Gasteiger partial charge in [-0.05, 0) is 68.1 Å². The maximum Gasteiger partial charge on any atom is 0.270 e. The summed E-state index contributed by atoms with van der Waals surface area (Å²) in [5, 5.41) is 0. The fourth-order valence-electron chi connectivity index (χ4n) is 2.95. The first kappa shape index (κ1) is 15.6. The zero-order chi connectivity index (χ0) is 14.7. The summed E-state index contributed by atoms with van der Waals surface area (Å²) in [5.74, 6) is 0.141. The lowest BCUT2D eigenvalue weighted by molar-refractivity contribution is 0.0592. The number of hydrogen-bond acceptors (Lipinski definition) is 2. The summed E-state index contributed by atoms with van der Waals surface area (Å²) in [6.07, 6.45) is 6.25. The average molecular weight is 342 g/mol. The predicted octanol–water partition coefficient (Wildman–Crippen LogP) is 3.18. The van der Waals surface area contributed by atoms with Crippen LogP contribution in [0.25, 0.3) is 0 Å². The highest BCUT2D eigenvalue weighted by Crippen LogP contribution is 2.25. The van der Waals surface area contributed by atoms with Crippen LogP contribution in [0.2, 0.25) is 0 Å². The quantitative estimate of drug-likeness (QED) is 0.914. The van der Waals surface area contributed by atoms with E-state index in [2.05, 4.69) is 29.8 Å². The lowest BCUT2D eigenvalue weighted by Crippen LogP contribution is -2.45. The van der Waals surface area contributed by atoms with Crippen LogP contribution in [0.1, 0.15) is 56.1 Å². The highest BCUT2D eigenvalue weighted by molar-refractivity contribution is 9.10. The standard InChI is InChI=1S/C15H24BrN3O/c1-11(2)19-10-12(16)9-14(19)15(20)18-8-4-3-5-13(18)6-7-17/h9-11,13H,3-8,17H2,1-2H3. The Balaban J connectivity index is 2.25. The minimum Gasteiger partial charge on any atom is -0.340 e. The fraction of sp³-hybridized carbons (Fsp3) is 0.667. The molecule has 1 aliphatic rings. The third-order valence-corrected chi connectivity index (χ3v) is 4.41. The SMILES string of the molecule is CC(C)n1cc(Br)cc1C(=O)N1CCCCC1CCN. The van der Waals surface area contributed by atoms with Crippen molar-refractivity contribution in [2.45, 2.75) is 51.6 Å². The summed E-state index contributed by atoms with van der Waals surface area (Å²) in [7, 11) is 0. The summed E-state index contributed by atoms with van der Waals surface area (Å²) in [6.45, 7) is 5.68. The Morgan fingerprint density at radius 2 is 2.25 bits per heavy atom. The molecule has 1 aromatic heterocycles. The molecule has 4 nitrogen and oxygen atoms in total. The molecule has 2 N–H and O–H groups in total. The van der Waals surface area contributed by atoms with Crippen LogP contribution in [0.3, 0.4) is 0 Å². The number of carbonyl (C=O) groups is 1. The first-order chi connectivity index (χ1) is 9.54. The van der Waals surface area contributed by atoms with Gasteiger partial charge in [0.25, 0.3) is 5.91 Å². The largest absolute Gasteiger partial charge is 0.340 e. The second-order valence-electron chi connectivity index (χ2n) is 5.77. The van der Waals surface area contributed by atoms with Crippen molar-refractivity contribution in [2.24, 2.45) is 5.73 Å². The fourth-order valence-corrected chi connectivity index (χ4v) is 3.39. The predicted molar refractivity (Wildman–Crippen MR) is 84.9 cm³/mol. The van der Waals surface area contributed by atoms with E-state index >= 15 is 0 Å². The van der Waals surface area contributed by atoms with E-state index in [1.165, 1.54) is 6.42 Å². The van der Waals surface area contributed by atoms with Crippen molar-refractivity contribution in [1.82, 2.24) is 9.47 Å². The van der Waals surface area contributed by atoms with Crippen LogP contribution in [-0.4, -0.2) is 34.5 Å². The number of hydrogen-bond donors (Lipinski definition) is 1. The molecule has 5 heteroatoms. The minimum atomic E-state index is 0.141. The molecule has 2 rings (SSSR count). The first-order valence-electron chi connectivity index (χ1n) is 7.43. The summed E-state index contributed by atoms with van der Waals surface area (Å²) < 4.78 is 3.00. The number of halogens is 1. The monoisotopic (exact) mass is 341 g/mol. The highest BCUT2D eigenvalue weighted by atomic mass is 79.9. The van der Waals surface area contributed by atoms with Gasteiger partial charge in [0.2, 0.25) is 0 Å². The van der Waals surface area contributed by atoms with Crippen molar-refractivity contribution < 1.29 is 4.79 Å². The normalized spacial score (nSPS) is 19.6. The molecule has 112 valence electrons. The Morgan fingerprint density at radius 3 is 2.90 bits per heavy atom. The van der Waals surface area contributed by atoms with E-state index in [1.54, 1.807) is 0 Å². The number of likely N-dealkylation sites (tertiary alicyclic amines) is 1. The van der Waals surface area contributed by atoms with Crippen molar-refractivity contribution in [2.75, 3.05) is 13.1 Å². The highest BCUT2D eigenvalue weighted by Gasteiger charge is 2.29. The number of aromatic nitrogens is 1. The van der Waals surface area contributed by atoms with Gasteiger partial charge in [-0.3, -0.25) is 4.79 Å². The van der Waals surface area contributed by atoms with Gasteiger partial charge in [-0.2, -0.15) is 0 Å². The van der Waals surface area contributed by atoms with Crippen LogP contribution >= 0.6 is 15.9 Å². The van der Waals surface area contributed by atoms with Crippen molar-refractivity contribution in [1.29, 1.82) is 0 Å². The van der Waals surface area contributed by atoms with Crippen molar-refractivity contribution in [3.05, 3.63) is 22.4 Å². The second kappa shape index (κ2) is 6.76. The maximum absolute atomic E-state index is 12.9. The molecule has 20 heavy (non-hydrogen) atoms. The third kappa shape index (κ3) is 3.26. The smallest absolute Gasteiger partial charge is 0.270 e. The molecule has 0 aromatic carbocycles. The molecule has 1 unspecified atom stereocenters. The van der Waals surface area contributed by atoms with Gasteiger partial charge in [0.15, 0.2) is 0 Å². The van der Waals surface area contributed by atoms with Crippen LogP contribution in [-0.2, 0) is 0 Å². The maximum atomic E-state index is 12.9. The Bertz CT molecular complexity index is 468. The van der Waals surface area contributed by atoms with Crippen molar-refractivity contribution in [3.63, 3.8) is 0 Å². The molecular weight excluding hydrogens is 318 g/mol. The summed E-state index contributed by atoms with van der Waals surface area (Å²) >= 11 is 3.48. The topological polar surface area (TPSA) is 51.3 Å². The zero-order valence-electron chi connectivity index (χ0n) is 12.3. The Morgan fingerprint density at radius 1 is 1.50 bits per heavy atom. The van der Waals surface area contributed by atoms with Gasteiger partial charge in [0.05, 0.1) is 0 Å². The first-order valence-corrected chi connectivity index (χ1v) is 8.22. The molecule has 0 bridgehead atoms. The Kier molecular flexibility index (Phi) is 5.27. The van der Waals surface area contributed by atoms with Gasteiger partial charge >= 0.3 is 0 Å². The van der Waals surface area contributed by atoms with Gasteiger partial charge in [-0.25, -0.2) is 0 Å². The van der Waals surface area contributed by atoms with Crippen molar-refractivity contribution in [3.8, 4) is 0 Å². The molecule has 0 radical (unpaired) electrons. The minimum absolute atomic E-state index is 0.141. The van der Waals surface area contributed by atoms with Crippen molar-refractivity contribution >= 4 is 21.8 Å². The molecule has 1 fully saturated rings. The molecule has 1 aromatic rings. The molecule has 1 amide bonds. The van der Waals surface area contributed by atoms with Crippen LogP contribution < -0.4 is 5.73 Å². The Labute approximate surface area is 129 Å². The van der Waals surface area contributed by atoms with Crippen LogP contribution in [0, 0.1) is 0 Å². The van der Waals surface area contributed by atoms with E-state index in [0.29, 0.717) is 12.6 Å². The summed E-state index contributed by atoms with van der Waals surface area (Å²) in [6, 6.07) is 2.50. The molecule has 0 saturated carbocycles. The van der Waals surface area contributed by atoms with Crippen LogP contribution in [0.4, 0.5) is 0 Å².